The SMILES string of the molecule is CCOC(=O)c1oc(-c2ccc(Br)cc2F)nc1CC. The van der Waals surface area contributed by atoms with Gasteiger partial charge in [0.1, 0.15) is 5.82 Å². The highest BCUT2D eigenvalue weighted by Gasteiger charge is 2.22. The number of carbonyl (C=O) groups is 1. The minimum Gasteiger partial charge on any atom is -0.460 e. The Hall–Kier alpha value is -1.69. The van der Waals surface area contributed by atoms with Crippen LogP contribution in [0.25, 0.3) is 11.5 Å². The van der Waals surface area contributed by atoms with Crippen molar-refractivity contribution >= 4 is 21.9 Å². The van der Waals surface area contributed by atoms with Crippen molar-refractivity contribution in [3.8, 4) is 11.5 Å². The maximum absolute atomic E-state index is 13.9. The number of nitrogens with zero attached hydrogens (tertiary/aromatic N) is 1. The largest absolute Gasteiger partial charge is 0.460 e. The Morgan fingerprint density at radius 3 is 2.80 bits per heavy atom. The minimum absolute atomic E-state index is 0.0340. The first-order valence-corrected chi connectivity index (χ1v) is 6.98. The van der Waals surface area contributed by atoms with E-state index in [9.17, 15) is 9.18 Å². The molecule has 0 aliphatic rings. The molecular formula is C14H13BrFNO3. The van der Waals surface area contributed by atoms with Gasteiger partial charge in [-0.05, 0) is 31.5 Å². The number of carbonyl (C=O) groups excluding carboxylic acids is 1. The van der Waals surface area contributed by atoms with Crippen LogP contribution < -0.4 is 0 Å². The number of aryl methyl sites for hydroxylation is 1. The van der Waals surface area contributed by atoms with Gasteiger partial charge in [0.25, 0.3) is 0 Å². The Labute approximate surface area is 124 Å². The molecule has 0 amide bonds. The molecule has 0 spiro atoms. The summed E-state index contributed by atoms with van der Waals surface area (Å²) in [6.07, 6.45) is 0.496. The number of ether oxygens (including phenoxy) is 1. The second kappa shape index (κ2) is 6.17. The third kappa shape index (κ3) is 2.90. The van der Waals surface area contributed by atoms with Crippen LogP contribution in [0, 0.1) is 5.82 Å². The van der Waals surface area contributed by atoms with E-state index in [1.165, 1.54) is 6.07 Å². The monoisotopic (exact) mass is 341 g/mol. The fourth-order valence-electron chi connectivity index (χ4n) is 1.73. The number of oxazole rings is 1. The lowest BCUT2D eigenvalue weighted by atomic mass is 10.2. The van der Waals surface area contributed by atoms with Crippen molar-refractivity contribution in [1.82, 2.24) is 4.98 Å². The van der Waals surface area contributed by atoms with Gasteiger partial charge in [0.2, 0.25) is 11.7 Å². The van der Waals surface area contributed by atoms with E-state index < -0.39 is 11.8 Å². The molecule has 0 N–H and O–H groups in total. The van der Waals surface area contributed by atoms with Gasteiger partial charge in [-0.25, -0.2) is 14.2 Å². The van der Waals surface area contributed by atoms with E-state index >= 15 is 0 Å². The van der Waals surface area contributed by atoms with E-state index in [-0.39, 0.29) is 23.8 Å². The molecule has 0 aliphatic heterocycles. The van der Waals surface area contributed by atoms with E-state index in [2.05, 4.69) is 20.9 Å². The van der Waals surface area contributed by atoms with Crippen molar-refractivity contribution in [1.29, 1.82) is 0 Å². The molecule has 6 heteroatoms. The Morgan fingerprint density at radius 1 is 1.45 bits per heavy atom. The summed E-state index contributed by atoms with van der Waals surface area (Å²) < 4.78 is 24.8. The zero-order valence-corrected chi connectivity index (χ0v) is 12.7. The van der Waals surface area contributed by atoms with Crippen LogP contribution in [-0.2, 0) is 11.2 Å². The summed E-state index contributed by atoms with van der Waals surface area (Å²) >= 11 is 3.18. The van der Waals surface area contributed by atoms with Crippen molar-refractivity contribution in [3.05, 3.63) is 39.9 Å². The lowest BCUT2D eigenvalue weighted by molar-refractivity contribution is 0.0489. The third-order valence-corrected chi connectivity index (χ3v) is 3.15. The first-order valence-electron chi connectivity index (χ1n) is 6.19. The second-order valence-electron chi connectivity index (χ2n) is 3.99. The molecular weight excluding hydrogens is 329 g/mol. The standard InChI is InChI=1S/C14H13BrFNO3/c1-3-11-12(14(18)19-4-2)20-13(17-11)9-6-5-8(15)7-10(9)16/h5-7H,3-4H2,1-2H3. The number of aromatic nitrogens is 1. The molecule has 0 aliphatic carbocycles. The molecule has 1 aromatic heterocycles. The summed E-state index contributed by atoms with van der Waals surface area (Å²) in [4.78, 5) is 15.9. The van der Waals surface area contributed by atoms with E-state index in [1.54, 1.807) is 19.1 Å². The quantitative estimate of drug-likeness (QED) is 0.789. The molecule has 0 atom stereocenters. The van der Waals surface area contributed by atoms with E-state index in [0.717, 1.165) is 0 Å². The van der Waals surface area contributed by atoms with Crippen LogP contribution >= 0.6 is 15.9 Å². The van der Waals surface area contributed by atoms with Crippen molar-refractivity contribution in [2.24, 2.45) is 0 Å². The molecule has 20 heavy (non-hydrogen) atoms. The lowest BCUT2D eigenvalue weighted by Gasteiger charge is -1.99. The van der Waals surface area contributed by atoms with Gasteiger partial charge in [-0.1, -0.05) is 22.9 Å². The maximum Gasteiger partial charge on any atom is 0.376 e. The van der Waals surface area contributed by atoms with Crippen molar-refractivity contribution in [2.45, 2.75) is 20.3 Å². The molecule has 106 valence electrons. The van der Waals surface area contributed by atoms with Gasteiger partial charge < -0.3 is 9.15 Å². The van der Waals surface area contributed by atoms with Crippen LogP contribution in [-0.4, -0.2) is 17.6 Å². The Morgan fingerprint density at radius 2 is 2.20 bits per heavy atom. The number of esters is 1. The summed E-state index contributed by atoms with van der Waals surface area (Å²) in [5.74, 6) is -0.944. The second-order valence-corrected chi connectivity index (χ2v) is 4.91. The van der Waals surface area contributed by atoms with Crippen molar-refractivity contribution < 1.29 is 18.3 Å². The topological polar surface area (TPSA) is 52.3 Å². The highest BCUT2D eigenvalue weighted by molar-refractivity contribution is 9.10. The van der Waals surface area contributed by atoms with Crippen LogP contribution in [0.4, 0.5) is 4.39 Å². The number of hydrogen-bond acceptors (Lipinski definition) is 4. The molecule has 0 unspecified atom stereocenters. The zero-order valence-electron chi connectivity index (χ0n) is 11.1. The predicted octanol–water partition coefficient (Wildman–Crippen LogP) is 3.98. The fourth-order valence-corrected chi connectivity index (χ4v) is 2.06. The number of benzene rings is 1. The van der Waals surface area contributed by atoms with Crippen LogP contribution in [0.15, 0.2) is 27.1 Å². The summed E-state index contributed by atoms with van der Waals surface area (Å²) in [5.41, 5.74) is 0.666. The fraction of sp³-hybridized carbons (Fsp3) is 0.286. The highest BCUT2D eigenvalue weighted by atomic mass is 79.9. The van der Waals surface area contributed by atoms with E-state index in [1.807, 2.05) is 6.92 Å². The van der Waals surface area contributed by atoms with Gasteiger partial charge in [-0.15, -0.1) is 0 Å². The minimum atomic E-state index is -0.583. The number of hydrogen-bond donors (Lipinski definition) is 0. The van der Waals surface area contributed by atoms with E-state index in [4.69, 9.17) is 9.15 Å². The molecule has 0 saturated heterocycles. The summed E-state index contributed by atoms with van der Waals surface area (Å²) in [7, 11) is 0. The molecule has 0 saturated carbocycles. The van der Waals surface area contributed by atoms with Gasteiger partial charge in [-0.3, -0.25) is 0 Å². The molecule has 0 fully saturated rings. The molecule has 4 nitrogen and oxygen atoms in total. The number of halogens is 2. The van der Waals surface area contributed by atoms with Crippen molar-refractivity contribution in [2.75, 3.05) is 6.61 Å². The van der Waals surface area contributed by atoms with Crippen LogP contribution in [0.5, 0.6) is 0 Å². The van der Waals surface area contributed by atoms with Crippen LogP contribution in [0.1, 0.15) is 30.1 Å². The Balaban J connectivity index is 2.45. The van der Waals surface area contributed by atoms with Crippen molar-refractivity contribution in [3.63, 3.8) is 0 Å². The Kier molecular flexibility index (Phi) is 4.54. The highest BCUT2D eigenvalue weighted by Crippen LogP contribution is 2.27. The van der Waals surface area contributed by atoms with Gasteiger partial charge in [0, 0.05) is 4.47 Å². The summed E-state index contributed by atoms with van der Waals surface area (Å²) in [6, 6.07) is 4.53. The molecule has 0 radical (unpaired) electrons. The summed E-state index contributed by atoms with van der Waals surface area (Å²) in [6.45, 7) is 3.78. The normalized spacial score (nSPS) is 10.6. The van der Waals surface area contributed by atoms with Gasteiger partial charge >= 0.3 is 5.97 Å². The van der Waals surface area contributed by atoms with E-state index in [0.29, 0.717) is 16.6 Å². The first-order chi connectivity index (χ1) is 9.56. The average Bonchev–Trinajstić information content (AvgIpc) is 2.83. The molecule has 0 bridgehead atoms. The van der Waals surface area contributed by atoms with Gasteiger partial charge in [0.15, 0.2) is 0 Å². The lowest BCUT2D eigenvalue weighted by Crippen LogP contribution is -2.05. The molecule has 1 aromatic carbocycles. The molecule has 2 aromatic rings. The summed E-state index contributed by atoms with van der Waals surface area (Å²) in [5, 5.41) is 0. The Bertz CT molecular complexity index is 639. The van der Waals surface area contributed by atoms with Gasteiger partial charge in [-0.2, -0.15) is 0 Å². The zero-order chi connectivity index (χ0) is 14.7. The maximum atomic E-state index is 13.9. The molecule has 1 heterocycles. The smallest absolute Gasteiger partial charge is 0.376 e. The van der Waals surface area contributed by atoms with Crippen LogP contribution in [0.2, 0.25) is 0 Å². The number of rotatable bonds is 4. The van der Waals surface area contributed by atoms with Crippen LogP contribution in [0.3, 0.4) is 0 Å². The predicted molar refractivity (Wildman–Crippen MR) is 74.9 cm³/mol. The average molecular weight is 342 g/mol. The first kappa shape index (κ1) is 14.7. The third-order valence-electron chi connectivity index (χ3n) is 2.65. The molecule has 2 rings (SSSR count). The van der Waals surface area contributed by atoms with Gasteiger partial charge in [0.05, 0.1) is 17.9 Å².